The SMILES string of the molecule is CSc1cccc(C2(O)CCN(CCC(O)(c3cccc(SC)c3)c3cccc(SC)c3)CC2)c1.CSc1cccc(C2=CCN(CC=C(c3cccc(SC)c3)c3cccc(SC)c3)CC2)c1. The van der Waals surface area contributed by atoms with E-state index in [0.29, 0.717) is 19.3 Å². The number of hydrogen-bond donors (Lipinski definition) is 2. The summed E-state index contributed by atoms with van der Waals surface area (Å²) >= 11 is 10.5. The molecule has 0 aromatic heterocycles. The molecule has 6 aromatic rings. The minimum atomic E-state index is -1.07. The van der Waals surface area contributed by atoms with Gasteiger partial charge < -0.3 is 15.1 Å². The van der Waals surface area contributed by atoms with Gasteiger partial charge in [0.1, 0.15) is 5.60 Å². The predicted octanol–water partition coefficient (Wildman–Crippen LogP) is 14.5. The second-order valence-electron chi connectivity index (χ2n) is 17.2. The monoisotopic (exact) mass is 1010 g/mol. The van der Waals surface area contributed by atoms with E-state index in [1.54, 1.807) is 58.8 Å². The fraction of sp³-hybridized carbons (Fsp3) is 0.310. The molecule has 6 aromatic carbocycles. The van der Waals surface area contributed by atoms with Gasteiger partial charge in [0.25, 0.3) is 0 Å². The predicted molar refractivity (Wildman–Crippen MR) is 303 cm³/mol. The van der Waals surface area contributed by atoms with E-state index in [0.717, 1.165) is 72.2 Å². The molecule has 1 saturated heterocycles. The molecule has 2 heterocycles. The zero-order valence-corrected chi connectivity index (χ0v) is 45.2. The van der Waals surface area contributed by atoms with Crippen LogP contribution in [0.4, 0.5) is 0 Å². The Labute approximate surface area is 432 Å². The lowest BCUT2D eigenvalue weighted by atomic mass is 9.82. The highest BCUT2D eigenvalue weighted by molar-refractivity contribution is 7.99. The second kappa shape index (κ2) is 25.7. The molecule has 0 unspecified atom stereocenters. The fourth-order valence-electron chi connectivity index (χ4n) is 9.05. The van der Waals surface area contributed by atoms with E-state index in [2.05, 4.69) is 169 Å². The summed E-state index contributed by atoms with van der Waals surface area (Å²) in [6.07, 6.45) is 20.6. The molecule has 356 valence electrons. The van der Waals surface area contributed by atoms with E-state index < -0.39 is 11.2 Å². The van der Waals surface area contributed by atoms with Crippen molar-refractivity contribution in [1.29, 1.82) is 0 Å². The fourth-order valence-corrected chi connectivity index (χ4v) is 11.8. The molecule has 0 radical (unpaired) electrons. The van der Waals surface area contributed by atoms with Crippen LogP contribution in [0.5, 0.6) is 0 Å². The molecule has 0 spiro atoms. The van der Waals surface area contributed by atoms with E-state index >= 15 is 0 Å². The van der Waals surface area contributed by atoms with Crippen LogP contribution in [0.3, 0.4) is 0 Å². The summed E-state index contributed by atoms with van der Waals surface area (Å²) in [5, 5.41) is 23.6. The molecule has 10 heteroatoms. The van der Waals surface area contributed by atoms with Gasteiger partial charge in [0.2, 0.25) is 0 Å². The molecule has 2 aliphatic heterocycles. The second-order valence-corrected chi connectivity index (χ2v) is 22.5. The van der Waals surface area contributed by atoms with Crippen LogP contribution in [0.25, 0.3) is 11.1 Å². The van der Waals surface area contributed by atoms with Gasteiger partial charge in [-0.15, -0.1) is 70.6 Å². The third kappa shape index (κ3) is 13.8. The van der Waals surface area contributed by atoms with Crippen LogP contribution in [0.15, 0.2) is 187 Å². The van der Waals surface area contributed by atoms with Crippen molar-refractivity contribution < 1.29 is 10.2 Å². The highest BCUT2D eigenvalue weighted by Crippen LogP contribution is 2.39. The molecule has 2 N–H and O–H groups in total. The third-order valence-electron chi connectivity index (χ3n) is 13.2. The molecule has 1 fully saturated rings. The average molecular weight is 1020 g/mol. The highest BCUT2D eigenvalue weighted by Gasteiger charge is 2.37. The van der Waals surface area contributed by atoms with Crippen molar-refractivity contribution in [2.45, 2.75) is 66.3 Å². The van der Waals surface area contributed by atoms with Crippen molar-refractivity contribution in [3.05, 3.63) is 191 Å². The van der Waals surface area contributed by atoms with Crippen LogP contribution in [0, 0.1) is 0 Å². The quantitative estimate of drug-likeness (QED) is 0.0864. The first kappa shape index (κ1) is 52.6. The van der Waals surface area contributed by atoms with Crippen LogP contribution in [-0.2, 0) is 11.2 Å². The Balaban J connectivity index is 0.000000202. The van der Waals surface area contributed by atoms with E-state index in [1.165, 1.54) is 47.4 Å². The lowest BCUT2D eigenvalue weighted by Crippen LogP contribution is -2.44. The Morgan fingerprint density at radius 3 is 1.54 bits per heavy atom. The van der Waals surface area contributed by atoms with Crippen molar-refractivity contribution in [3.8, 4) is 0 Å². The van der Waals surface area contributed by atoms with Gasteiger partial charge in [-0.05, 0) is 181 Å². The van der Waals surface area contributed by atoms with Gasteiger partial charge in [-0.25, -0.2) is 0 Å². The largest absolute Gasteiger partial charge is 0.385 e. The summed E-state index contributed by atoms with van der Waals surface area (Å²) in [5.41, 5.74) is 7.80. The minimum Gasteiger partial charge on any atom is -0.385 e. The summed E-state index contributed by atoms with van der Waals surface area (Å²) in [6.45, 7) is 5.44. The molecule has 2 aliphatic rings. The van der Waals surface area contributed by atoms with Gasteiger partial charge in [-0.1, -0.05) is 84.9 Å². The average Bonchev–Trinajstić information content (AvgIpc) is 3.41. The summed E-state index contributed by atoms with van der Waals surface area (Å²) in [6, 6.07) is 51.6. The summed E-state index contributed by atoms with van der Waals surface area (Å²) in [4.78, 5) is 12.4. The van der Waals surface area contributed by atoms with Crippen molar-refractivity contribution in [1.82, 2.24) is 9.80 Å². The Hall–Kier alpha value is -3.26. The van der Waals surface area contributed by atoms with E-state index in [-0.39, 0.29) is 0 Å². The number of benzene rings is 6. The normalized spacial score (nSPS) is 15.3. The van der Waals surface area contributed by atoms with Crippen molar-refractivity contribution in [2.75, 3.05) is 76.8 Å². The smallest absolute Gasteiger partial charge is 0.116 e. The number of likely N-dealkylation sites (tertiary alicyclic amines) is 1. The van der Waals surface area contributed by atoms with Crippen LogP contribution in [0.1, 0.15) is 59.1 Å². The number of rotatable bonds is 17. The van der Waals surface area contributed by atoms with Crippen molar-refractivity contribution >= 4 is 81.7 Å². The van der Waals surface area contributed by atoms with Crippen LogP contribution < -0.4 is 0 Å². The van der Waals surface area contributed by atoms with Gasteiger partial charge >= 0.3 is 0 Å². The van der Waals surface area contributed by atoms with Gasteiger partial charge in [0.05, 0.1) is 5.60 Å². The molecule has 0 bridgehead atoms. The maximum atomic E-state index is 12.2. The Bertz CT molecular complexity index is 2540. The number of aliphatic hydroxyl groups is 2. The summed E-state index contributed by atoms with van der Waals surface area (Å²) < 4.78 is 0. The van der Waals surface area contributed by atoms with Crippen molar-refractivity contribution in [3.63, 3.8) is 0 Å². The zero-order valence-electron chi connectivity index (χ0n) is 40.3. The third-order valence-corrected chi connectivity index (χ3v) is 17.6. The van der Waals surface area contributed by atoms with Crippen LogP contribution in [-0.4, -0.2) is 96.8 Å². The first-order chi connectivity index (χ1) is 33.1. The lowest BCUT2D eigenvalue weighted by molar-refractivity contribution is -0.0316. The van der Waals surface area contributed by atoms with Gasteiger partial charge in [-0.2, -0.15) is 0 Å². The maximum absolute atomic E-state index is 12.2. The molecule has 0 saturated carbocycles. The molecule has 0 atom stereocenters. The number of hydrogen-bond acceptors (Lipinski definition) is 10. The van der Waals surface area contributed by atoms with E-state index in [4.69, 9.17) is 0 Å². The minimum absolute atomic E-state index is 0.600. The van der Waals surface area contributed by atoms with Gasteiger partial charge in [-0.3, -0.25) is 4.90 Å². The molecule has 68 heavy (non-hydrogen) atoms. The standard InChI is InChI=1S/C29H35NO2S3.C29H31NS3/c1-33-25-10-4-7-22(19-25)28(31)13-16-30(17-14-28)18-15-29(32,23-8-5-11-26(20-23)34-2)24-9-6-12-27(21-24)35-3;1-31-26-10-4-7-23(19-26)22-13-16-30(17-14-22)18-15-29(24-8-5-11-27(20-24)32-2)25-9-6-12-28(21-25)33-3/h4-12,19-21,31-32H,13-18H2,1-3H3;4-13,15,19-21H,14,16-18H2,1-3H3. The first-order valence-corrected chi connectivity index (χ1v) is 30.6. The Morgan fingerprint density at radius 2 is 1.03 bits per heavy atom. The van der Waals surface area contributed by atoms with Gasteiger partial charge in [0, 0.05) is 68.6 Å². The number of piperidine rings is 1. The molecule has 8 rings (SSSR count). The first-order valence-electron chi connectivity index (χ1n) is 23.3. The number of nitrogens with zero attached hydrogens (tertiary/aromatic N) is 2. The van der Waals surface area contributed by atoms with E-state index in [1.807, 2.05) is 48.2 Å². The van der Waals surface area contributed by atoms with Gasteiger partial charge in [0.15, 0.2) is 0 Å². The molecule has 0 amide bonds. The van der Waals surface area contributed by atoms with E-state index in [9.17, 15) is 10.2 Å². The van der Waals surface area contributed by atoms with Crippen molar-refractivity contribution in [2.24, 2.45) is 0 Å². The zero-order chi connectivity index (χ0) is 47.9. The topological polar surface area (TPSA) is 46.9 Å². The molecular formula is C58H66N2O2S6. The summed E-state index contributed by atoms with van der Waals surface area (Å²) in [7, 11) is 0. The lowest BCUT2D eigenvalue weighted by Gasteiger charge is -2.40. The molecule has 0 aliphatic carbocycles. The van der Waals surface area contributed by atoms with Crippen LogP contribution in [0.2, 0.25) is 0 Å². The van der Waals surface area contributed by atoms with Crippen LogP contribution >= 0.6 is 70.6 Å². The Morgan fingerprint density at radius 1 is 0.559 bits per heavy atom. The highest BCUT2D eigenvalue weighted by atomic mass is 32.2. The molecular weight excluding hydrogens is 949 g/mol. The molecule has 4 nitrogen and oxygen atoms in total. The number of thioether (sulfide) groups is 6. The Kier molecular flexibility index (Phi) is 19.9. The maximum Gasteiger partial charge on any atom is 0.116 e. The summed E-state index contributed by atoms with van der Waals surface area (Å²) in [5.74, 6) is 0.